The number of amides is 1. The van der Waals surface area contributed by atoms with Crippen molar-refractivity contribution in [2.24, 2.45) is 0 Å². The van der Waals surface area contributed by atoms with E-state index in [1.54, 1.807) is 0 Å². The summed E-state index contributed by atoms with van der Waals surface area (Å²) in [7, 11) is 0. The molecule has 4 nitrogen and oxygen atoms in total. The van der Waals surface area contributed by atoms with Crippen LogP contribution in [0.5, 0.6) is 0 Å². The first-order valence-corrected chi connectivity index (χ1v) is 7.77. The van der Waals surface area contributed by atoms with E-state index in [1.165, 1.54) is 37.0 Å². The van der Waals surface area contributed by atoms with Crippen LogP contribution in [0.25, 0.3) is 0 Å². The summed E-state index contributed by atoms with van der Waals surface area (Å²) in [5, 5.41) is 12.3. The summed E-state index contributed by atoms with van der Waals surface area (Å²) in [6.07, 6.45) is 7.63. The van der Waals surface area contributed by atoms with Crippen LogP contribution in [0.2, 0.25) is 0 Å². The van der Waals surface area contributed by atoms with E-state index >= 15 is 0 Å². The van der Waals surface area contributed by atoms with Crippen molar-refractivity contribution in [2.75, 3.05) is 13.1 Å². The highest BCUT2D eigenvalue weighted by atomic mass is 35.5. The van der Waals surface area contributed by atoms with Gasteiger partial charge in [0.2, 0.25) is 5.91 Å². The van der Waals surface area contributed by atoms with Crippen LogP contribution in [0.4, 0.5) is 4.39 Å². The SMILES string of the molecule is Cl.N#C[C@@H]1C[C@H](F)CN1C(=O)CNC1CCCCCCC1. The summed E-state index contributed by atoms with van der Waals surface area (Å²) in [5.74, 6) is -0.140. The Kier molecular flexibility index (Phi) is 7.98. The molecule has 2 aliphatic rings. The first-order chi connectivity index (χ1) is 9.70. The van der Waals surface area contributed by atoms with Crippen LogP contribution in [0.3, 0.4) is 0 Å². The Bertz CT molecular complexity index is 366. The molecule has 1 heterocycles. The zero-order chi connectivity index (χ0) is 14.4. The van der Waals surface area contributed by atoms with E-state index in [4.69, 9.17) is 5.26 Å². The lowest BCUT2D eigenvalue weighted by Gasteiger charge is -2.24. The van der Waals surface area contributed by atoms with Gasteiger partial charge in [-0.25, -0.2) is 4.39 Å². The Morgan fingerprint density at radius 2 is 1.86 bits per heavy atom. The van der Waals surface area contributed by atoms with Crippen LogP contribution >= 0.6 is 12.4 Å². The normalized spacial score (nSPS) is 27.3. The number of carbonyl (C=O) groups is 1. The lowest BCUT2D eigenvalue weighted by molar-refractivity contribution is -0.130. The van der Waals surface area contributed by atoms with Crippen LogP contribution < -0.4 is 5.32 Å². The van der Waals surface area contributed by atoms with Gasteiger partial charge >= 0.3 is 0 Å². The zero-order valence-electron chi connectivity index (χ0n) is 12.4. The minimum absolute atomic E-state index is 0. The number of alkyl halides is 1. The summed E-state index contributed by atoms with van der Waals surface area (Å²) in [6, 6.07) is 1.82. The fourth-order valence-corrected chi connectivity index (χ4v) is 3.18. The predicted octanol–water partition coefficient (Wildman–Crippen LogP) is 2.57. The Hall–Kier alpha value is -0.860. The van der Waals surface area contributed by atoms with Crippen molar-refractivity contribution in [1.82, 2.24) is 10.2 Å². The molecule has 2 rings (SSSR count). The molecule has 0 aromatic rings. The molecule has 1 saturated heterocycles. The predicted molar refractivity (Wildman–Crippen MR) is 82.0 cm³/mol. The second-order valence-corrected chi connectivity index (χ2v) is 5.95. The van der Waals surface area contributed by atoms with E-state index in [0.717, 1.165) is 12.8 Å². The van der Waals surface area contributed by atoms with E-state index < -0.39 is 12.2 Å². The molecule has 0 radical (unpaired) electrons. The first-order valence-electron chi connectivity index (χ1n) is 7.77. The molecule has 21 heavy (non-hydrogen) atoms. The Balaban J connectivity index is 0.00000220. The van der Waals surface area contributed by atoms with Crippen molar-refractivity contribution in [3.63, 3.8) is 0 Å². The van der Waals surface area contributed by atoms with E-state index in [0.29, 0.717) is 6.04 Å². The van der Waals surface area contributed by atoms with Gasteiger partial charge in [-0.1, -0.05) is 32.1 Å². The van der Waals surface area contributed by atoms with Crippen molar-refractivity contribution in [2.45, 2.75) is 69.6 Å². The van der Waals surface area contributed by atoms with Gasteiger partial charge in [0.15, 0.2) is 0 Å². The number of halogens is 2. The van der Waals surface area contributed by atoms with Crippen molar-refractivity contribution >= 4 is 18.3 Å². The van der Waals surface area contributed by atoms with E-state index in [-0.39, 0.29) is 37.8 Å². The second-order valence-electron chi connectivity index (χ2n) is 5.95. The van der Waals surface area contributed by atoms with E-state index in [2.05, 4.69) is 5.32 Å². The molecule has 120 valence electrons. The van der Waals surface area contributed by atoms with Gasteiger partial charge in [0, 0.05) is 12.5 Å². The number of hydrogen-bond donors (Lipinski definition) is 1. The maximum atomic E-state index is 13.3. The third kappa shape index (κ3) is 5.44. The van der Waals surface area contributed by atoms with Gasteiger partial charge in [-0.15, -0.1) is 12.4 Å². The molecule has 0 aromatic heterocycles. The molecule has 0 bridgehead atoms. The molecular weight excluding hydrogens is 293 g/mol. The van der Waals surface area contributed by atoms with Crippen LogP contribution in [-0.4, -0.2) is 42.2 Å². The smallest absolute Gasteiger partial charge is 0.237 e. The summed E-state index contributed by atoms with van der Waals surface area (Å²) in [5.41, 5.74) is 0. The number of hydrogen-bond acceptors (Lipinski definition) is 3. The van der Waals surface area contributed by atoms with Crippen molar-refractivity contribution < 1.29 is 9.18 Å². The molecule has 1 saturated carbocycles. The van der Waals surface area contributed by atoms with Crippen molar-refractivity contribution in [1.29, 1.82) is 5.26 Å². The average Bonchev–Trinajstić information content (AvgIpc) is 2.78. The summed E-state index contributed by atoms with van der Waals surface area (Å²) in [6.45, 7) is 0.305. The maximum absolute atomic E-state index is 13.3. The van der Waals surface area contributed by atoms with Gasteiger partial charge in [-0.2, -0.15) is 5.26 Å². The molecule has 0 aromatic carbocycles. The minimum Gasteiger partial charge on any atom is -0.323 e. The highest BCUT2D eigenvalue weighted by Crippen LogP contribution is 2.20. The molecule has 2 atom stereocenters. The quantitative estimate of drug-likeness (QED) is 0.870. The first kappa shape index (κ1) is 18.2. The number of likely N-dealkylation sites (tertiary alicyclic amines) is 1. The molecule has 2 fully saturated rings. The van der Waals surface area contributed by atoms with Gasteiger partial charge in [0.05, 0.1) is 19.2 Å². The number of nitrogens with zero attached hydrogens (tertiary/aromatic N) is 2. The van der Waals surface area contributed by atoms with Crippen LogP contribution in [0.1, 0.15) is 51.4 Å². The minimum atomic E-state index is -1.05. The molecule has 1 aliphatic heterocycles. The largest absolute Gasteiger partial charge is 0.323 e. The molecule has 6 heteroatoms. The fraction of sp³-hybridized carbons (Fsp3) is 0.867. The average molecular weight is 318 g/mol. The van der Waals surface area contributed by atoms with Crippen LogP contribution in [0, 0.1) is 11.3 Å². The molecule has 0 unspecified atom stereocenters. The summed E-state index contributed by atoms with van der Waals surface area (Å²) < 4.78 is 13.3. The molecule has 1 aliphatic carbocycles. The number of nitriles is 1. The lowest BCUT2D eigenvalue weighted by Crippen LogP contribution is -2.43. The summed E-state index contributed by atoms with van der Waals surface area (Å²) in [4.78, 5) is 13.5. The van der Waals surface area contributed by atoms with Gasteiger partial charge in [0.25, 0.3) is 0 Å². The Morgan fingerprint density at radius 3 is 2.48 bits per heavy atom. The van der Waals surface area contributed by atoms with Crippen molar-refractivity contribution in [3.8, 4) is 6.07 Å². The van der Waals surface area contributed by atoms with Gasteiger partial charge in [-0.05, 0) is 12.8 Å². The summed E-state index contributed by atoms with van der Waals surface area (Å²) >= 11 is 0. The monoisotopic (exact) mass is 317 g/mol. The highest BCUT2D eigenvalue weighted by Gasteiger charge is 2.35. The number of carbonyl (C=O) groups excluding carboxylic acids is 1. The Labute approximate surface area is 132 Å². The third-order valence-electron chi connectivity index (χ3n) is 4.37. The fourth-order valence-electron chi connectivity index (χ4n) is 3.18. The van der Waals surface area contributed by atoms with Gasteiger partial charge in [0.1, 0.15) is 12.2 Å². The number of nitrogens with one attached hydrogen (secondary N) is 1. The van der Waals surface area contributed by atoms with Gasteiger partial charge < -0.3 is 10.2 Å². The topological polar surface area (TPSA) is 56.1 Å². The van der Waals surface area contributed by atoms with Gasteiger partial charge in [-0.3, -0.25) is 4.79 Å². The van der Waals surface area contributed by atoms with E-state index in [9.17, 15) is 9.18 Å². The highest BCUT2D eigenvalue weighted by molar-refractivity contribution is 5.85. The van der Waals surface area contributed by atoms with E-state index in [1.807, 2.05) is 6.07 Å². The van der Waals surface area contributed by atoms with Crippen LogP contribution in [-0.2, 0) is 4.79 Å². The third-order valence-corrected chi connectivity index (χ3v) is 4.37. The molecule has 1 N–H and O–H groups in total. The molecule has 0 spiro atoms. The number of rotatable bonds is 3. The van der Waals surface area contributed by atoms with Crippen molar-refractivity contribution in [3.05, 3.63) is 0 Å². The lowest BCUT2D eigenvalue weighted by atomic mass is 9.97. The maximum Gasteiger partial charge on any atom is 0.237 e. The standard InChI is InChI=1S/C15H24FN3O.ClH/c16-12-8-14(9-17)19(11-12)15(20)10-18-13-6-4-2-1-3-5-7-13;/h12-14,18H,1-8,10-11H2;1H/t12-,14-;/m0./s1. The molecular formula is C15H25ClFN3O. The molecule has 1 amide bonds. The Morgan fingerprint density at radius 1 is 1.24 bits per heavy atom. The second kappa shape index (κ2) is 9.22. The zero-order valence-corrected chi connectivity index (χ0v) is 13.2. The van der Waals surface area contributed by atoms with Crippen LogP contribution in [0.15, 0.2) is 0 Å².